The molecule has 0 atom stereocenters. The lowest BCUT2D eigenvalue weighted by molar-refractivity contribution is 0.589. The second kappa shape index (κ2) is 15.5. The number of aromatic nitrogens is 1. The van der Waals surface area contributed by atoms with Crippen LogP contribution in [0.25, 0.3) is 33.4 Å². The maximum Gasteiger partial charge on any atom is 0.137 e. The van der Waals surface area contributed by atoms with Gasteiger partial charge in [0.1, 0.15) is 12.5 Å². The topological polar surface area (TPSA) is 25.9 Å². The number of hydrogen-bond acceptors (Lipinski definition) is 5. The predicted octanol–water partition coefficient (Wildman–Crippen LogP) is 15.9. The van der Waals surface area contributed by atoms with Gasteiger partial charge in [0, 0.05) is 45.8 Å². The molecule has 0 saturated carbocycles. The minimum atomic E-state index is -0.0593. The molecule has 304 valence electrons. The monoisotopic (exact) mass is 813 g/mol. The fourth-order valence-corrected chi connectivity index (χ4v) is 9.27. The summed E-state index contributed by atoms with van der Waals surface area (Å²) in [5.41, 5.74) is 18.1. The lowest BCUT2D eigenvalue weighted by Gasteiger charge is -2.31. The van der Waals surface area contributed by atoms with E-state index in [0.717, 1.165) is 62.3 Å². The highest BCUT2D eigenvalue weighted by atomic mass is 15.4. The molecule has 1 aromatic heterocycles. The van der Waals surface area contributed by atoms with Crippen molar-refractivity contribution < 1.29 is 0 Å². The summed E-state index contributed by atoms with van der Waals surface area (Å²) in [5, 5.41) is 0. The molecule has 63 heavy (non-hydrogen) atoms. The predicted molar refractivity (Wildman–Crippen MR) is 264 cm³/mol. The zero-order valence-corrected chi connectivity index (χ0v) is 35.7. The Hall–Kier alpha value is -7.89. The summed E-state index contributed by atoms with van der Waals surface area (Å²) in [6, 6.07) is 76.9. The average molecular weight is 814 g/mol. The average Bonchev–Trinajstić information content (AvgIpc) is 3.67. The van der Waals surface area contributed by atoms with E-state index in [2.05, 4.69) is 253 Å². The van der Waals surface area contributed by atoms with Crippen LogP contribution in [0.3, 0.4) is 0 Å². The number of hydrogen-bond donors (Lipinski definition) is 0. The van der Waals surface area contributed by atoms with Crippen molar-refractivity contribution in [3.8, 4) is 33.4 Å². The number of fused-ring (bicyclic) bond motifs is 6. The van der Waals surface area contributed by atoms with Gasteiger partial charge in [-0.05, 0) is 118 Å². The molecule has 0 saturated heterocycles. The third-order valence-electron chi connectivity index (χ3n) is 12.4. The molecule has 0 amide bonds. The maximum atomic E-state index is 5.12. The highest BCUT2D eigenvalue weighted by molar-refractivity contribution is 6.03. The fourth-order valence-electron chi connectivity index (χ4n) is 9.27. The molecule has 0 unspecified atom stereocenters. The van der Waals surface area contributed by atoms with Crippen LogP contribution in [-0.2, 0) is 5.41 Å². The molecule has 5 nitrogen and oxygen atoms in total. The molecule has 0 radical (unpaired) electrons. The molecule has 11 rings (SSSR count). The van der Waals surface area contributed by atoms with E-state index in [1.165, 1.54) is 33.6 Å². The molecular formula is C58H47N5. The number of nitrogens with zero attached hydrogens (tertiary/aromatic N) is 5. The minimum Gasteiger partial charge on any atom is -0.321 e. The summed E-state index contributed by atoms with van der Waals surface area (Å²) in [6.45, 7) is 7.47. The summed E-state index contributed by atoms with van der Waals surface area (Å²) >= 11 is 0. The van der Waals surface area contributed by atoms with Crippen molar-refractivity contribution in [1.29, 1.82) is 0 Å². The standard InChI is InChI=1S/C58H47N5/c1-58(2,3)43-33-34-59-57(37-43)63-53-28-16-15-27-51(53)49-25-13-14-26-50(49)52-32-31-46(39-56(52)63)62(45-23-11-6-12-24-45)48-36-42(41-19-7-4-8-20-41)35-47(38-48)61-40-60(44-21-9-5-10-22-44)54-29-17-18-30-55(54)61/h4-39H,40H2,1-3H3. The van der Waals surface area contributed by atoms with Gasteiger partial charge in [-0.15, -0.1) is 0 Å². The third kappa shape index (κ3) is 6.88. The number of pyridine rings is 1. The van der Waals surface area contributed by atoms with E-state index in [4.69, 9.17) is 4.98 Å². The molecule has 0 N–H and O–H groups in total. The molecule has 0 spiro atoms. The Labute approximate surface area is 370 Å². The lowest BCUT2D eigenvalue weighted by atomic mass is 9.87. The van der Waals surface area contributed by atoms with Crippen LogP contribution in [0.4, 0.5) is 57.0 Å². The molecule has 5 heteroatoms. The molecule has 0 fully saturated rings. The van der Waals surface area contributed by atoms with E-state index in [-0.39, 0.29) is 5.41 Å². The Bertz CT molecular complexity index is 3100. The van der Waals surface area contributed by atoms with Gasteiger partial charge < -0.3 is 14.7 Å². The van der Waals surface area contributed by atoms with Gasteiger partial charge in [-0.1, -0.05) is 148 Å². The number of benzene rings is 8. The Morgan fingerprint density at radius 2 is 0.984 bits per heavy atom. The minimum absolute atomic E-state index is 0.0593. The van der Waals surface area contributed by atoms with E-state index in [1.54, 1.807) is 0 Å². The first-order valence-corrected chi connectivity index (χ1v) is 21.7. The summed E-state index contributed by atoms with van der Waals surface area (Å²) in [6.07, 6.45) is 1.96. The first kappa shape index (κ1) is 38.1. The Morgan fingerprint density at radius 3 is 1.67 bits per heavy atom. The molecule has 2 aliphatic heterocycles. The van der Waals surface area contributed by atoms with Crippen molar-refractivity contribution in [2.75, 3.05) is 26.3 Å². The van der Waals surface area contributed by atoms with Crippen molar-refractivity contribution >= 4 is 57.0 Å². The zero-order chi connectivity index (χ0) is 42.5. The van der Waals surface area contributed by atoms with Gasteiger partial charge in [0.2, 0.25) is 0 Å². The highest BCUT2D eigenvalue weighted by Crippen LogP contribution is 2.53. The quantitative estimate of drug-likeness (QED) is 0.160. The first-order valence-electron chi connectivity index (χ1n) is 21.7. The molecule has 9 aromatic rings. The smallest absolute Gasteiger partial charge is 0.137 e. The summed E-state index contributed by atoms with van der Waals surface area (Å²) < 4.78 is 0. The second-order valence-electron chi connectivity index (χ2n) is 17.3. The van der Waals surface area contributed by atoms with Crippen LogP contribution in [0, 0.1) is 0 Å². The number of anilines is 10. The molecule has 8 aromatic carbocycles. The van der Waals surface area contributed by atoms with Gasteiger partial charge in [0.15, 0.2) is 0 Å². The fraction of sp³-hybridized carbons (Fsp3) is 0.0862. The van der Waals surface area contributed by atoms with Crippen LogP contribution >= 0.6 is 0 Å². The van der Waals surface area contributed by atoms with Gasteiger partial charge in [-0.2, -0.15) is 0 Å². The van der Waals surface area contributed by atoms with Crippen LogP contribution in [0.1, 0.15) is 26.3 Å². The van der Waals surface area contributed by atoms with Gasteiger partial charge in [-0.3, -0.25) is 4.90 Å². The van der Waals surface area contributed by atoms with Crippen molar-refractivity contribution in [2.45, 2.75) is 26.2 Å². The van der Waals surface area contributed by atoms with Crippen LogP contribution in [0.15, 0.2) is 219 Å². The van der Waals surface area contributed by atoms with E-state index in [0.29, 0.717) is 6.67 Å². The van der Waals surface area contributed by atoms with Gasteiger partial charge in [0.05, 0.1) is 22.7 Å². The van der Waals surface area contributed by atoms with Crippen LogP contribution in [0.5, 0.6) is 0 Å². The van der Waals surface area contributed by atoms with E-state index >= 15 is 0 Å². The Morgan fingerprint density at radius 1 is 0.413 bits per heavy atom. The van der Waals surface area contributed by atoms with Gasteiger partial charge in [0.25, 0.3) is 0 Å². The van der Waals surface area contributed by atoms with Gasteiger partial charge in [-0.25, -0.2) is 4.98 Å². The second-order valence-corrected chi connectivity index (χ2v) is 17.3. The van der Waals surface area contributed by atoms with Crippen LogP contribution < -0.4 is 19.6 Å². The lowest BCUT2D eigenvalue weighted by Crippen LogP contribution is -2.24. The van der Waals surface area contributed by atoms with Crippen molar-refractivity contribution in [1.82, 2.24) is 4.98 Å². The molecular weight excluding hydrogens is 767 g/mol. The first-order chi connectivity index (χ1) is 30.9. The normalized spacial score (nSPS) is 12.8. The number of para-hydroxylation sites is 5. The molecule has 2 aliphatic rings. The van der Waals surface area contributed by atoms with Crippen LogP contribution in [-0.4, -0.2) is 11.7 Å². The van der Waals surface area contributed by atoms with Gasteiger partial charge >= 0.3 is 0 Å². The third-order valence-corrected chi connectivity index (χ3v) is 12.4. The van der Waals surface area contributed by atoms with E-state index < -0.39 is 0 Å². The summed E-state index contributed by atoms with van der Waals surface area (Å²) in [5.74, 6) is 0.886. The van der Waals surface area contributed by atoms with Crippen molar-refractivity contribution in [2.24, 2.45) is 0 Å². The SMILES string of the molecule is CC(C)(C)c1ccnc(N2c3ccccc3-c3ccccc3-c3ccc(N(c4ccccc4)c4cc(-c5ccccc5)cc(N5CN(c6ccccc6)c6ccccc65)c4)cc32)c1. The highest BCUT2D eigenvalue weighted by Gasteiger charge is 2.31. The number of rotatable bonds is 7. The van der Waals surface area contributed by atoms with E-state index in [1.807, 2.05) is 6.20 Å². The van der Waals surface area contributed by atoms with Crippen molar-refractivity contribution in [3.63, 3.8) is 0 Å². The zero-order valence-electron chi connectivity index (χ0n) is 35.7. The molecule has 3 heterocycles. The molecule has 0 aliphatic carbocycles. The van der Waals surface area contributed by atoms with Crippen molar-refractivity contribution in [3.05, 3.63) is 224 Å². The summed E-state index contributed by atoms with van der Waals surface area (Å²) in [4.78, 5) is 14.8. The summed E-state index contributed by atoms with van der Waals surface area (Å²) in [7, 11) is 0. The van der Waals surface area contributed by atoms with Crippen LogP contribution in [0.2, 0.25) is 0 Å². The maximum absolute atomic E-state index is 5.12. The van der Waals surface area contributed by atoms with E-state index in [9.17, 15) is 0 Å². The Kier molecular flexibility index (Phi) is 9.39. The Balaban J connectivity index is 1.14. The largest absolute Gasteiger partial charge is 0.321 e. The molecule has 0 bridgehead atoms.